The van der Waals surface area contributed by atoms with Crippen LogP contribution in [0.1, 0.15) is 32.8 Å². The number of pyridine rings is 1. The molecule has 1 aliphatic rings. The highest BCUT2D eigenvalue weighted by molar-refractivity contribution is 6.31. The van der Waals surface area contributed by atoms with E-state index in [1.54, 1.807) is 29.3 Å². The highest BCUT2D eigenvalue weighted by Crippen LogP contribution is 2.28. The Morgan fingerprint density at radius 3 is 2.76 bits per heavy atom. The maximum atomic E-state index is 12.5. The zero-order chi connectivity index (χ0) is 18.2. The van der Waals surface area contributed by atoms with Gasteiger partial charge in [0.1, 0.15) is 11.4 Å². The fraction of sp³-hybridized carbons (Fsp3) is 0.389. The van der Waals surface area contributed by atoms with Crippen LogP contribution in [-0.4, -0.2) is 34.8 Å². The third kappa shape index (κ3) is 3.62. The van der Waals surface area contributed by atoms with Crippen LogP contribution in [-0.2, 0) is 4.74 Å². The van der Waals surface area contributed by atoms with Crippen LogP contribution in [0.2, 0.25) is 5.02 Å². The largest absolute Gasteiger partial charge is 0.442 e. The number of fused-ring (bicyclic) bond motifs is 1. The zero-order valence-corrected chi connectivity index (χ0v) is 15.2. The molecule has 0 unspecified atom stereocenters. The van der Waals surface area contributed by atoms with Gasteiger partial charge in [-0.25, -0.2) is 14.8 Å². The molecule has 7 heteroatoms. The van der Waals surface area contributed by atoms with E-state index in [0.717, 1.165) is 6.42 Å². The monoisotopic (exact) mass is 358 g/mol. The van der Waals surface area contributed by atoms with E-state index in [-0.39, 0.29) is 0 Å². The van der Waals surface area contributed by atoms with Gasteiger partial charge in [0.2, 0.25) is 0 Å². The number of ether oxygens (including phenoxy) is 1. The van der Waals surface area contributed by atoms with Crippen LogP contribution >= 0.6 is 11.6 Å². The van der Waals surface area contributed by atoms with Crippen molar-refractivity contribution in [2.45, 2.75) is 32.8 Å². The van der Waals surface area contributed by atoms with Crippen molar-refractivity contribution in [2.75, 3.05) is 18.1 Å². The van der Waals surface area contributed by atoms with Crippen LogP contribution in [0.25, 0.3) is 10.9 Å². The van der Waals surface area contributed by atoms with Gasteiger partial charge >= 0.3 is 6.09 Å². The van der Waals surface area contributed by atoms with Gasteiger partial charge in [0, 0.05) is 29.6 Å². The van der Waals surface area contributed by atoms with Crippen LogP contribution in [0.15, 0.2) is 24.3 Å². The number of nitriles is 1. The van der Waals surface area contributed by atoms with E-state index in [1.807, 2.05) is 20.8 Å². The van der Waals surface area contributed by atoms with Gasteiger partial charge in [-0.3, -0.25) is 5.01 Å². The van der Waals surface area contributed by atoms with Crippen molar-refractivity contribution in [3.63, 3.8) is 0 Å². The SMILES string of the molecule is CC(C)(C)OC(=O)N1CCCN1c1cc(C#N)c2cc(Cl)ccc2n1. The Hall–Kier alpha value is -2.52. The molecule has 0 bridgehead atoms. The summed E-state index contributed by atoms with van der Waals surface area (Å²) in [6, 6.07) is 9.10. The minimum absolute atomic E-state index is 0.415. The van der Waals surface area contributed by atoms with Gasteiger partial charge in [0.25, 0.3) is 0 Å². The predicted molar refractivity (Wildman–Crippen MR) is 96.4 cm³/mol. The Kier molecular flexibility index (Phi) is 4.44. The van der Waals surface area contributed by atoms with Crippen molar-refractivity contribution in [3.05, 3.63) is 34.9 Å². The van der Waals surface area contributed by atoms with Crippen molar-refractivity contribution < 1.29 is 9.53 Å². The molecule has 1 aromatic carbocycles. The Morgan fingerprint density at radius 2 is 2.08 bits per heavy atom. The lowest BCUT2D eigenvalue weighted by atomic mass is 10.1. The molecule has 0 radical (unpaired) electrons. The van der Waals surface area contributed by atoms with Crippen molar-refractivity contribution in [1.29, 1.82) is 5.26 Å². The summed E-state index contributed by atoms with van der Waals surface area (Å²) in [7, 11) is 0. The molecule has 0 N–H and O–H groups in total. The van der Waals surface area contributed by atoms with E-state index in [2.05, 4.69) is 11.1 Å². The number of hydrazine groups is 1. The van der Waals surface area contributed by atoms with E-state index < -0.39 is 11.7 Å². The van der Waals surface area contributed by atoms with E-state index in [1.165, 1.54) is 5.01 Å². The number of benzene rings is 1. The first-order valence-corrected chi connectivity index (χ1v) is 8.45. The second kappa shape index (κ2) is 6.41. The van der Waals surface area contributed by atoms with Crippen LogP contribution in [0.4, 0.5) is 10.6 Å². The predicted octanol–water partition coefficient (Wildman–Crippen LogP) is 4.12. The lowest BCUT2D eigenvalue weighted by Gasteiger charge is -2.31. The molecule has 0 aliphatic carbocycles. The highest BCUT2D eigenvalue weighted by atomic mass is 35.5. The molecule has 1 aromatic heterocycles. The third-order valence-electron chi connectivity index (χ3n) is 3.78. The van der Waals surface area contributed by atoms with Crippen LogP contribution in [0.5, 0.6) is 0 Å². The summed E-state index contributed by atoms with van der Waals surface area (Å²) >= 11 is 6.02. The summed E-state index contributed by atoms with van der Waals surface area (Å²) in [6.45, 7) is 6.68. The average molecular weight is 359 g/mol. The van der Waals surface area contributed by atoms with Gasteiger partial charge in [-0.2, -0.15) is 5.26 Å². The fourth-order valence-electron chi connectivity index (χ4n) is 2.76. The summed E-state index contributed by atoms with van der Waals surface area (Å²) in [5.74, 6) is 0.551. The molecule has 25 heavy (non-hydrogen) atoms. The van der Waals surface area contributed by atoms with Gasteiger partial charge in [-0.05, 0) is 45.4 Å². The smallest absolute Gasteiger partial charge is 0.429 e. The summed E-state index contributed by atoms with van der Waals surface area (Å²) in [6.07, 6.45) is 0.392. The zero-order valence-electron chi connectivity index (χ0n) is 14.4. The van der Waals surface area contributed by atoms with E-state index in [9.17, 15) is 10.1 Å². The average Bonchev–Trinajstić information content (AvgIpc) is 3.02. The molecule has 3 rings (SSSR count). The number of hydrogen-bond donors (Lipinski definition) is 0. The number of nitrogens with zero attached hydrogens (tertiary/aromatic N) is 4. The molecule has 1 amide bonds. The summed E-state index contributed by atoms with van der Waals surface area (Å²) < 4.78 is 5.47. The second-order valence-electron chi connectivity index (χ2n) is 6.88. The highest BCUT2D eigenvalue weighted by Gasteiger charge is 2.32. The normalized spacial score (nSPS) is 14.7. The quantitative estimate of drug-likeness (QED) is 0.766. The maximum Gasteiger partial charge on any atom is 0.429 e. The van der Waals surface area contributed by atoms with Crippen molar-refractivity contribution in [2.24, 2.45) is 0 Å². The molecule has 130 valence electrons. The Labute approximate surface area is 151 Å². The van der Waals surface area contributed by atoms with Crippen molar-refractivity contribution in [1.82, 2.24) is 9.99 Å². The molecule has 1 aliphatic heterocycles. The van der Waals surface area contributed by atoms with E-state index >= 15 is 0 Å². The third-order valence-corrected chi connectivity index (χ3v) is 4.01. The maximum absolute atomic E-state index is 12.5. The number of anilines is 1. The Morgan fingerprint density at radius 1 is 1.32 bits per heavy atom. The first-order chi connectivity index (χ1) is 11.8. The second-order valence-corrected chi connectivity index (χ2v) is 7.32. The van der Waals surface area contributed by atoms with E-state index in [4.69, 9.17) is 16.3 Å². The number of carbonyl (C=O) groups is 1. The topological polar surface area (TPSA) is 69.5 Å². The van der Waals surface area contributed by atoms with Gasteiger partial charge in [0.05, 0.1) is 17.1 Å². The number of amides is 1. The van der Waals surface area contributed by atoms with Crippen molar-refractivity contribution >= 4 is 34.4 Å². The van der Waals surface area contributed by atoms with Gasteiger partial charge in [0.15, 0.2) is 0 Å². The number of aromatic nitrogens is 1. The van der Waals surface area contributed by atoms with Crippen LogP contribution in [0.3, 0.4) is 0 Å². The van der Waals surface area contributed by atoms with Crippen LogP contribution in [0, 0.1) is 11.3 Å². The van der Waals surface area contributed by atoms with Gasteiger partial charge in [-0.1, -0.05) is 11.6 Å². The standard InChI is InChI=1S/C18H19ClN4O2/c1-18(2,3)25-17(24)23-8-4-7-22(23)16-9-12(11-20)14-10-13(19)5-6-15(14)21-16/h5-6,9-10H,4,7-8H2,1-3H3. The molecular weight excluding hydrogens is 340 g/mol. The van der Waals surface area contributed by atoms with Crippen LogP contribution < -0.4 is 5.01 Å². The fourth-order valence-corrected chi connectivity index (χ4v) is 2.94. The lowest BCUT2D eigenvalue weighted by molar-refractivity contribution is 0.0273. The molecular formula is C18H19ClN4O2. The summed E-state index contributed by atoms with van der Waals surface area (Å²) in [5.41, 5.74) is 0.560. The molecule has 6 nitrogen and oxygen atoms in total. The Bertz CT molecular complexity index is 870. The molecule has 2 aromatic rings. The van der Waals surface area contributed by atoms with Crippen molar-refractivity contribution in [3.8, 4) is 6.07 Å². The number of rotatable bonds is 1. The summed E-state index contributed by atoms with van der Waals surface area (Å²) in [5, 5.41) is 14.0. The number of hydrogen-bond acceptors (Lipinski definition) is 5. The Balaban J connectivity index is 1.99. The van der Waals surface area contributed by atoms with Gasteiger partial charge < -0.3 is 4.74 Å². The molecule has 1 saturated heterocycles. The van der Waals surface area contributed by atoms with E-state index in [0.29, 0.717) is 40.4 Å². The number of halogens is 1. The molecule has 0 atom stereocenters. The minimum Gasteiger partial charge on any atom is -0.442 e. The minimum atomic E-state index is -0.573. The van der Waals surface area contributed by atoms with Gasteiger partial charge in [-0.15, -0.1) is 0 Å². The summed E-state index contributed by atoms with van der Waals surface area (Å²) in [4.78, 5) is 17.1. The molecule has 0 spiro atoms. The molecule has 0 saturated carbocycles. The number of carbonyl (C=O) groups excluding carboxylic acids is 1. The first-order valence-electron chi connectivity index (χ1n) is 8.07. The first kappa shape index (κ1) is 17.3. The lowest BCUT2D eigenvalue weighted by Crippen LogP contribution is -2.44. The molecule has 1 fully saturated rings. The molecule has 2 heterocycles.